The van der Waals surface area contributed by atoms with Gasteiger partial charge in [0.15, 0.2) is 0 Å². The van der Waals surface area contributed by atoms with Crippen molar-refractivity contribution >= 4 is 0 Å². The molecule has 4 nitrogen and oxygen atoms in total. The van der Waals surface area contributed by atoms with Crippen molar-refractivity contribution in [3.05, 3.63) is 71.3 Å². The molecule has 25 heavy (non-hydrogen) atoms. The Bertz CT molecular complexity index is 629. The van der Waals surface area contributed by atoms with E-state index in [9.17, 15) is 10.2 Å². The summed E-state index contributed by atoms with van der Waals surface area (Å²) in [5, 5.41) is 30.2. The van der Waals surface area contributed by atoms with E-state index in [0.717, 1.165) is 11.1 Å². The van der Waals surface area contributed by atoms with E-state index in [4.69, 9.17) is 5.11 Å². The number of benzene rings is 2. The first kappa shape index (κ1) is 19.6. The van der Waals surface area contributed by atoms with Crippen LogP contribution in [0.25, 0.3) is 0 Å². The highest BCUT2D eigenvalue weighted by atomic mass is 16.3. The minimum Gasteiger partial charge on any atom is -0.392 e. The summed E-state index contributed by atoms with van der Waals surface area (Å²) in [7, 11) is 1.98. The van der Waals surface area contributed by atoms with Crippen LogP contribution in [0.2, 0.25) is 0 Å². The van der Waals surface area contributed by atoms with Gasteiger partial charge in [-0.1, -0.05) is 61.5 Å². The summed E-state index contributed by atoms with van der Waals surface area (Å²) in [6, 6.07) is 17.5. The van der Waals surface area contributed by atoms with Gasteiger partial charge in [0.1, 0.15) is 0 Å². The Hall–Kier alpha value is -1.72. The number of hydrogen-bond acceptors (Lipinski definition) is 4. The van der Waals surface area contributed by atoms with Crippen molar-refractivity contribution in [3.63, 3.8) is 0 Å². The fraction of sp³-hybridized carbons (Fsp3) is 0.429. The summed E-state index contributed by atoms with van der Waals surface area (Å²) in [6.45, 7) is 4.42. The molecule has 0 amide bonds. The van der Waals surface area contributed by atoms with Crippen LogP contribution in [0, 0.1) is 5.92 Å². The quantitative estimate of drug-likeness (QED) is 0.690. The summed E-state index contributed by atoms with van der Waals surface area (Å²) in [4.78, 5) is 2.10. The predicted octanol–water partition coefficient (Wildman–Crippen LogP) is 2.90. The van der Waals surface area contributed by atoms with Gasteiger partial charge in [-0.05, 0) is 30.7 Å². The number of aliphatic hydroxyl groups is 3. The SMILES string of the molecule is C[C@@H]([C@H](O)c1ccc(CO)cc1)[C@@H](O)CN(C)[C@@H](C)c1ccccc1. The number of nitrogens with zero attached hydrogens (tertiary/aromatic N) is 1. The molecule has 3 N–H and O–H groups in total. The van der Waals surface area contributed by atoms with Crippen molar-refractivity contribution in [1.29, 1.82) is 0 Å². The molecule has 2 aromatic rings. The Morgan fingerprint density at radius 1 is 0.880 bits per heavy atom. The first-order chi connectivity index (χ1) is 11.9. The summed E-state index contributed by atoms with van der Waals surface area (Å²) >= 11 is 0. The molecule has 0 radical (unpaired) electrons. The Morgan fingerprint density at radius 3 is 2.04 bits per heavy atom. The largest absolute Gasteiger partial charge is 0.392 e. The van der Waals surface area contributed by atoms with Crippen LogP contribution in [-0.4, -0.2) is 39.9 Å². The number of rotatable bonds is 8. The van der Waals surface area contributed by atoms with E-state index in [1.54, 1.807) is 24.3 Å². The van der Waals surface area contributed by atoms with Crippen molar-refractivity contribution in [2.75, 3.05) is 13.6 Å². The Kier molecular flexibility index (Phi) is 7.14. The van der Waals surface area contributed by atoms with Gasteiger partial charge in [-0.2, -0.15) is 0 Å². The van der Waals surface area contributed by atoms with Crippen LogP contribution in [0.5, 0.6) is 0 Å². The molecule has 4 heteroatoms. The zero-order chi connectivity index (χ0) is 18.4. The van der Waals surface area contributed by atoms with Gasteiger partial charge >= 0.3 is 0 Å². The minimum atomic E-state index is -0.747. The molecule has 0 heterocycles. The van der Waals surface area contributed by atoms with Gasteiger partial charge in [-0.25, -0.2) is 0 Å². The Morgan fingerprint density at radius 2 is 1.48 bits per heavy atom. The van der Waals surface area contributed by atoms with E-state index in [2.05, 4.69) is 24.0 Å². The van der Waals surface area contributed by atoms with Gasteiger partial charge in [0, 0.05) is 18.5 Å². The number of likely N-dealkylation sites (N-methyl/N-ethyl adjacent to an activating group) is 1. The highest BCUT2D eigenvalue weighted by Gasteiger charge is 2.26. The van der Waals surface area contributed by atoms with E-state index in [1.807, 2.05) is 32.2 Å². The predicted molar refractivity (Wildman–Crippen MR) is 100.0 cm³/mol. The first-order valence-corrected chi connectivity index (χ1v) is 8.75. The molecule has 0 saturated carbocycles. The highest BCUT2D eigenvalue weighted by molar-refractivity contribution is 5.24. The van der Waals surface area contributed by atoms with Gasteiger partial charge in [-0.3, -0.25) is 4.90 Å². The molecule has 0 fully saturated rings. The van der Waals surface area contributed by atoms with Crippen molar-refractivity contribution in [3.8, 4) is 0 Å². The molecule has 2 aromatic carbocycles. The third-order valence-corrected chi connectivity index (χ3v) is 5.03. The second kappa shape index (κ2) is 9.11. The van der Waals surface area contributed by atoms with E-state index >= 15 is 0 Å². The van der Waals surface area contributed by atoms with Gasteiger partial charge < -0.3 is 15.3 Å². The standard InChI is InChI=1S/C21H29NO3/c1-15(21(25)19-11-9-17(14-23)10-12-19)20(24)13-22(3)16(2)18-7-5-4-6-8-18/h4-12,15-16,20-21,23-25H,13-14H2,1-3H3/t15-,16+,20+,21+/m1/s1. The van der Waals surface area contributed by atoms with Crippen LogP contribution in [0.4, 0.5) is 0 Å². The van der Waals surface area contributed by atoms with Crippen LogP contribution in [0.1, 0.15) is 42.7 Å². The maximum atomic E-state index is 10.6. The van der Waals surface area contributed by atoms with Crippen LogP contribution < -0.4 is 0 Å². The van der Waals surface area contributed by atoms with Gasteiger partial charge in [0.25, 0.3) is 0 Å². The van der Waals surface area contributed by atoms with E-state index in [1.165, 1.54) is 5.56 Å². The third-order valence-electron chi connectivity index (χ3n) is 5.03. The molecule has 0 aromatic heterocycles. The van der Waals surface area contributed by atoms with E-state index in [-0.39, 0.29) is 18.6 Å². The lowest BCUT2D eigenvalue weighted by atomic mass is 9.91. The van der Waals surface area contributed by atoms with Crippen LogP contribution in [-0.2, 0) is 6.61 Å². The second-order valence-corrected chi connectivity index (χ2v) is 6.80. The lowest BCUT2D eigenvalue weighted by Crippen LogP contribution is -2.37. The molecule has 0 aliphatic carbocycles. The van der Waals surface area contributed by atoms with Crippen molar-refractivity contribution < 1.29 is 15.3 Å². The molecule has 0 saturated heterocycles. The highest BCUT2D eigenvalue weighted by Crippen LogP contribution is 2.27. The number of hydrogen-bond donors (Lipinski definition) is 3. The molecule has 2 rings (SSSR count). The fourth-order valence-corrected chi connectivity index (χ4v) is 2.94. The zero-order valence-electron chi connectivity index (χ0n) is 15.2. The average Bonchev–Trinajstić information content (AvgIpc) is 2.66. The third kappa shape index (κ3) is 5.13. The summed E-state index contributed by atoms with van der Waals surface area (Å²) in [5.74, 6) is -0.301. The van der Waals surface area contributed by atoms with Crippen LogP contribution >= 0.6 is 0 Å². The zero-order valence-corrected chi connectivity index (χ0v) is 15.2. The van der Waals surface area contributed by atoms with Gasteiger partial charge in [0.2, 0.25) is 0 Å². The molecule has 0 bridgehead atoms. The van der Waals surface area contributed by atoms with Crippen molar-refractivity contribution in [2.24, 2.45) is 5.92 Å². The number of aliphatic hydroxyl groups excluding tert-OH is 3. The average molecular weight is 343 g/mol. The minimum absolute atomic E-state index is 0.0171. The van der Waals surface area contributed by atoms with Crippen LogP contribution in [0.15, 0.2) is 54.6 Å². The van der Waals surface area contributed by atoms with Gasteiger partial charge in [0.05, 0.1) is 18.8 Å². The summed E-state index contributed by atoms with van der Waals surface area (Å²) < 4.78 is 0. The Labute approximate surface area is 150 Å². The molecule has 0 aliphatic rings. The van der Waals surface area contributed by atoms with E-state index < -0.39 is 12.2 Å². The Balaban J connectivity index is 1.97. The molecule has 136 valence electrons. The molecule has 4 atom stereocenters. The molecular weight excluding hydrogens is 314 g/mol. The summed E-state index contributed by atoms with van der Waals surface area (Å²) in [5.41, 5.74) is 2.76. The fourth-order valence-electron chi connectivity index (χ4n) is 2.94. The first-order valence-electron chi connectivity index (χ1n) is 8.75. The molecule has 0 spiro atoms. The van der Waals surface area contributed by atoms with Crippen molar-refractivity contribution in [1.82, 2.24) is 4.90 Å². The maximum Gasteiger partial charge on any atom is 0.0840 e. The molecule has 0 aliphatic heterocycles. The maximum absolute atomic E-state index is 10.6. The topological polar surface area (TPSA) is 63.9 Å². The smallest absolute Gasteiger partial charge is 0.0840 e. The summed E-state index contributed by atoms with van der Waals surface area (Å²) in [6.07, 6.45) is -1.40. The molecular formula is C21H29NO3. The monoisotopic (exact) mass is 343 g/mol. The lowest BCUT2D eigenvalue weighted by molar-refractivity contribution is 0.000265. The van der Waals surface area contributed by atoms with Crippen molar-refractivity contribution in [2.45, 2.75) is 38.7 Å². The van der Waals surface area contributed by atoms with Crippen LogP contribution in [0.3, 0.4) is 0 Å². The van der Waals surface area contributed by atoms with E-state index in [0.29, 0.717) is 6.54 Å². The molecule has 0 unspecified atom stereocenters. The lowest BCUT2D eigenvalue weighted by Gasteiger charge is -2.31. The normalized spacial score (nSPS) is 16.4. The van der Waals surface area contributed by atoms with Gasteiger partial charge in [-0.15, -0.1) is 0 Å². The second-order valence-electron chi connectivity index (χ2n) is 6.80.